The fraction of sp³-hybridized carbons (Fsp3) is 0.786. The SMILES string of the molecule is CC(C)c1nnc2n1CC(NC(=O)C1COCCO1)CC2. The summed E-state index contributed by atoms with van der Waals surface area (Å²) in [5, 5.41) is 11.6. The van der Waals surface area contributed by atoms with Gasteiger partial charge >= 0.3 is 0 Å². The molecule has 1 fully saturated rings. The van der Waals surface area contributed by atoms with Crippen molar-refractivity contribution in [3.05, 3.63) is 11.6 Å². The molecular weight excluding hydrogens is 272 g/mol. The Kier molecular flexibility index (Phi) is 4.21. The number of aryl methyl sites for hydroxylation is 1. The summed E-state index contributed by atoms with van der Waals surface area (Å²) >= 11 is 0. The van der Waals surface area contributed by atoms with Crippen molar-refractivity contribution in [2.75, 3.05) is 19.8 Å². The fourth-order valence-electron chi connectivity index (χ4n) is 2.83. The minimum atomic E-state index is -0.481. The van der Waals surface area contributed by atoms with E-state index in [1.807, 2.05) is 0 Å². The zero-order chi connectivity index (χ0) is 14.8. The lowest BCUT2D eigenvalue weighted by atomic mass is 10.1. The highest BCUT2D eigenvalue weighted by Gasteiger charge is 2.28. The lowest BCUT2D eigenvalue weighted by Crippen LogP contribution is -2.49. The van der Waals surface area contributed by atoms with Crippen LogP contribution in [0.1, 0.15) is 37.8 Å². The maximum absolute atomic E-state index is 12.2. The fourth-order valence-corrected chi connectivity index (χ4v) is 2.83. The summed E-state index contributed by atoms with van der Waals surface area (Å²) in [5.41, 5.74) is 0. The van der Waals surface area contributed by atoms with Crippen molar-refractivity contribution in [2.45, 2.75) is 51.3 Å². The Morgan fingerprint density at radius 3 is 2.95 bits per heavy atom. The zero-order valence-corrected chi connectivity index (χ0v) is 12.5. The van der Waals surface area contributed by atoms with E-state index in [-0.39, 0.29) is 11.9 Å². The van der Waals surface area contributed by atoms with E-state index in [0.29, 0.717) is 25.7 Å². The molecule has 2 aliphatic rings. The summed E-state index contributed by atoms with van der Waals surface area (Å²) in [6.07, 6.45) is 1.24. The first-order chi connectivity index (χ1) is 10.1. The van der Waals surface area contributed by atoms with Crippen LogP contribution in [0, 0.1) is 0 Å². The molecule has 0 saturated carbocycles. The van der Waals surface area contributed by atoms with Gasteiger partial charge in [0, 0.05) is 24.9 Å². The molecule has 1 N–H and O–H groups in total. The molecule has 2 unspecified atom stereocenters. The van der Waals surface area contributed by atoms with Crippen molar-refractivity contribution >= 4 is 5.91 Å². The number of carbonyl (C=O) groups excluding carboxylic acids is 1. The molecule has 2 aliphatic heterocycles. The van der Waals surface area contributed by atoms with E-state index in [1.54, 1.807) is 0 Å². The van der Waals surface area contributed by atoms with Gasteiger partial charge in [-0.05, 0) is 6.42 Å². The molecule has 116 valence electrons. The first-order valence-electron chi connectivity index (χ1n) is 7.57. The van der Waals surface area contributed by atoms with Gasteiger partial charge in [0.2, 0.25) is 0 Å². The van der Waals surface area contributed by atoms with Gasteiger partial charge in [-0.25, -0.2) is 0 Å². The second-order valence-corrected chi connectivity index (χ2v) is 5.92. The average Bonchev–Trinajstić information content (AvgIpc) is 2.91. The molecular formula is C14H22N4O3. The largest absolute Gasteiger partial charge is 0.376 e. The predicted molar refractivity (Wildman–Crippen MR) is 74.9 cm³/mol. The topological polar surface area (TPSA) is 78.3 Å². The Bertz CT molecular complexity index is 508. The van der Waals surface area contributed by atoms with Crippen LogP contribution >= 0.6 is 0 Å². The first-order valence-corrected chi connectivity index (χ1v) is 7.57. The van der Waals surface area contributed by atoms with Crippen molar-refractivity contribution < 1.29 is 14.3 Å². The third kappa shape index (κ3) is 3.08. The highest BCUT2D eigenvalue weighted by atomic mass is 16.6. The van der Waals surface area contributed by atoms with Crippen LogP contribution in [0.2, 0.25) is 0 Å². The number of aromatic nitrogens is 3. The van der Waals surface area contributed by atoms with E-state index >= 15 is 0 Å². The second kappa shape index (κ2) is 6.11. The van der Waals surface area contributed by atoms with Crippen LogP contribution < -0.4 is 5.32 Å². The monoisotopic (exact) mass is 294 g/mol. The van der Waals surface area contributed by atoms with Crippen LogP contribution in [-0.2, 0) is 27.2 Å². The molecule has 7 nitrogen and oxygen atoms in total. The smallest absolute Gasteiger partial charge is 0.251 e. The Morgan fingerprint density at radius 1 is 1.38 bits per heavy atom. The van der Waals surface area contributed by atoms with Crippen LogP contribution in [-0.4, -0.2) is 52.6 Å². The summed E-state index contributed by atoms with van der Waals surface area (Å²) < 4.78 is 12.8. The van der Waals surface area contributed by atoms with Crippen molar-refractivity contribution in [1.82, 2.24) is 20.1 Å². The van der Waals surface area contributed by atoms with E-state index in [0.717, 1.165) is 31.0 Å². The normalized spacial score (nSPS) is 25.7. The Balaban J connectivity index is 1.63. The van der Waals surface area contributed by atoms with Crippen molar-refractivity contribution in [3.8, 4) is 0 Å². The third-order valence-electron chi connectivity index (χ3n) is 3.95. The number of nitrogens with one attached hydrogen (secondary N) is 1. The van der Waals surface area contributed by atoms with Gasteiger partial charge in [0.15, 0.2) is 6.10 Å². The van der Waals surface area contributed by atoms with E-state index in [1.165, 1.54) is 0 Å². The number of carbonyl (C=O) groups is 1. The third-order valence-corrected chi connectivity index (χ3v) is 3.95. The molecule has 1 aromatic rings. The molecule has 3 rings (SSSR count). The molecule has 7 heteroatoms. The van der Waals surface area contributed by atoms with Crippen molar-refractivity contribution in [1.29, 1.82) is 0 Å². The van der Waals surface area contributed by atoms with Crippen molar-refractivity contribution in [3.63, 3.8) is 0 Å². The van der Waals surface area contributed by atoms with Gasteiger partial charge in [-0.3, -0.25) is 4.79 Å². The van der Waals surface area contributed by atoms with Gasteiger partial charge in [0.1, 0.15) is 11.6 Å². The number of fused-ring (bicyclic) bond motifs is 1. The highest BCUT2D eigenvalue weighted by Crippen LogP contribution is 2.20. The Labute approximate surface area is 124 Å². The molecule has 21 heavy (non-hydrogen) atoms. The minimum absolute atomic E-state index is 0.0812. The van der Waals surface area contributed by atoms with Crippen LogP contribution in [0.3, 0.4) is 0 Å². The maximum atomic E-state index is 12.2. The number of hydrogen-bond donors (Lipinski definition) is 1. The van der Waals surface area contributed by atoms with E-state index < -0.39 is 6.10 Å². The summed E-state index contributed by atoms with van der Waals surface area (Å²) in [4.78, 5) is 12.2. The molecule has 0 aromatic carbocycles. The van der Waals surface area contributed by atoms with Gasteiger partial charge < -0.3 is 19.4 Å². The summed E-state index contributed by atoms with van der Waals surface area (Å²) in [7, 11) is 0. The summed E-state index contributed by atoms with van der Waals surface area (Å²) in [5.74, 6) is 2.25. The molecule has 1 amide bonds. The maximum Gasteiger partial charge on any atom is 0.251 e. The standard InChI is InChI=1S/C14H22N4O3/c1-9(2)13-17-16-12-4-3-10(7-18(12)13)15-14(19)11-8-20-5-6-21-11/h9-11H,3-8H2,1-2H3,(H,15,19). The van der Waals surface area contributed by atoms with Crippen LogP contribution in [0.5, 0.6) is 0 Å². The van der Waals surface area contributed by atoms with Gasteiger partial charge in [-0.15, -0.1) is 10.2 Å². The second-order valence-electron chi connectivity index (χ2n) is 5.92. The van der Waals surface area contributed by atoms with Crippen LogP contribution in [0.25, 0.3) is 0 Å². The zero-order valence-electron chi connectivity index (χ0n) is 12.5. The van der Waals surface area contributed by atoms with Gasteiger partial charge in [-0.1, -0.05) is 13.8 Å². The Morgan fingerprint density at radius 2 is 2.24 bits per heavy atom. The molecule has 2 atom stereocenters. The minimum Gasteiger partial charge on any atom is -0.376 e. The van der Waals surface area contributed by atoms with Crippen LogP contribution in [0.15, 0.2) is 0 Å². The van der Waals surface area contributed by atoms with E-state index in [9.17, 15) is 4.79 Å². The van der Waals surface area contributed by atoms with Crippen LogP contribution in [0.4, 0.5) is 0 Å². The number of hydrogen-bond acceptors (Lipinski definition) is 5. The summed E-state index contributed by atoms with van der Waals surface area (Å²) in [6, 6.07) is 0.101. The number of rotatable bonds is 3. The molecule has 0 radical (unpaired) electrons. The molecule has 1 aromatic heterocycles. The molecule has 0 aliphatic carbocycles. The highest BCUT2D eigenvalue weighted by molar-refractivity contribution is 5.81. The lowest BCUT2D eigenvalue weighted by Gasteiger charge is -2.28. The number of amides is 1. The number of nitrogens with zero attached hydrogens (tertiary/aromatic N) is 3. The quantitative estimate of drug-likeness (QED) is 0.864. The van der Waals surface area contributed by atoms with E-state index in [2.05, 4.69) is 33.9 Å². The average molecular weight is 294 g/mol. The number of ether oxygens (including phenoxy) is 2. The molecule has 1 saturated heterocycles. The molecule has 0 spiro atoms. The molecule has 3 heterocycles. The van der Waals surface area contributed by atoms with Gasteiger partial charge in [0.25, 0.3) is 5.91 Å². The predicted octanol–water partition coefficient (Wildman–Crippen LogP) is 0.248. The van der Waals surface area contributed by atoms with E-state index in [4.69, 9.17) is 9.47 Å². The molecule has 0 bridgehead atoms. The van der Waals surface area contributed by atoms with Gasteiger partial charge in [0.05, 0.1) is 19.8 Å². The Hall–Kier alpha value is -1.47. The first kappa shape index (κ1) is 14.5. The van der Waals surface area contributed by atoms with Crippen molar-refractivity contribution in [2.24, 2.45) is 0 Å². The summed E-state index contributed by atoms with van der Waals surface area (Å²) in [6.45, 7) is 6.33. The lowest BCUT2D eigenvalue weighted by molar-refractivity contribution is -0.148. The van der Waals surface area contributed by atoms with Gasteiger partial charge in [-0.2, -0.15) is 0 Å².